The Hall–Kier alpha value is -4.06. The Bertz CT molecular complexity index is 1310. The molecule has 180 valence electrons. The van der Waals surface area contributed by atoms with E-state index in [0.717, 1.165) is 28.0 Å². The number of rotatable bonds is 7. The average Bonchev–Trinajstić information content (AvgIpc) is 3.56. The fourth-order valence-electron chi connectivity index (χ4n) is 3.71. The van der Waals surface area contributed by atoms with Crippen LogP contribution in [-0.2, 0) is 9.59 Å². The third-order valence-corrected chi connectivity index (χ3v) is 6.74. The van der Waals surface area contributed by atoms with Gasteiger partial charge in [-0.25, -0.2) is 4.79 Å². The number of hydrogen-bond donors (Lipinski definition) is 2. The summed E-state index contributed by atoms with van der Waals surface area (Å²) in [5.41, 5.74) is 2.92. The number of amides is 4. The van der Waals surface area contributed by atoms with Crippen LogP contribution in [0.4, 0.5) is 4.79 Å². The van der Waals surface area contributed by atoms with E-state index >= 15 is 0 Å². The molecule has 2 aliphatic rings. The summed E-state index contributed by atoms with van der Waals surface area (Å²) in [7, 11) is 0. The number of para-hydroxylation sites is 1. The van der Waals surface area contributed by atoms with Crippen LogP contribution in [0.3, 0.4) is 0 Å². The van der Waals surface area contributed by atoms with Gasteiger partial charge in [-0.05, 0) is 43.7 Å². The average molecular weight is 495 g/mol. The molecule has 1 atom stereocenters. The van der Waals surface area contributed by atoms with E-state index in [0.29, 0.717) is 28.9 Å². The number of benzene rings is 2. The van der Waals surface area contributed by atoms with Gasteiger partial charge in [-0.1, -0.05) is 36.9 Å². The van der Waals surface area contributed by atoms with Crippen LogP contribution in [0.15, 0.2) is 53.7 Å². The van der Waals surface area contributed by atoms with E-state index in [1.165, 1.54) is 0 Å². The Morgan fingerprint density at radius 1 is 1.14 bits per heavy atom. The zero-order valence-electron chi connectivity index (χ0n) is 19.0. The van der Waals surface area contributed by atoms with Crippen LogP contribution in [-0.4, -0.2) is 55.7 Å². The Kier molecular flexibility index (Phi) is 5.81. The standard InChI is InChI=1S/C23H22N6O5S/c1-3-23(2)20(31)29(21(32)24-23)27-18(30)12-35-22-26-25-19(28(22)15-7-5-4-6-8-15)14-9-10-16-17(11-14)34-13-33-16/h4-11H,3,12-13H2,1-2H3,(H,24,32)(H,27,30). The predicted octanol–water partition coefficient (Wildman–Crippen LogP) is 2.51. The highest BCUT2D eigenvalue weighted by molar-refractivity contribution is 7.99. The van der Waals surface area contributed by atoms with Gasteiger partial charge in [0.15, 0.2) is 22.5 Å². The van der Waals surface area contributed by atoms with Gasteiger partial charge in [0, 0.05) is 11.3 Å². The molecule has 12 heteroatoms. The maximum absolute atomic E-state index is 12.6. The van der Waals surface area contributed by atoms with Crippen molar-refractivity contribution in [3.05, 3.63) is 48.5 Å². The van der Waals surface area contributed by atoms with E-state index in [1.807, 2.05) is 53.1 Å². The summed E-state index contributed by atoms with van der Waals surface area (Å²) in [4.78, 5) is 37.3. The number of hydrogen-bond acceptors (Lipinski definition) is 8. The van der Waals surface area contributed by atoms with Crippen molar-refractivity contribution in [1.29, 1.82) is 0 Å². The molecular formula is C23H22N6O5S. The number of carbonyl (C=O) groups excluding carboxylic acids is 3. The topological polar surface area (TPSA) is 128 Å². The number of ether oxygens (including phenoxy) is 2. The summed E-state index contributed by atoms with van der Waals surface area (Å²) in [5, 5.41) is 12.5. The summed E-state index contributed by atoms with van der Waals surface area (Å²) in [6.07, 6.45) is 0.404. The first-order valence-electron chi connectivity index (χ1n) is 10.9. The molecule has 1 unspecified atom stereocenters. The van der Waals surface area contributed by atoms with Crippen molar-refractivity contribution in [2.24, 2.45) is 0 Å². The van der Waals surface area contributed by atoms with Crippen molar-refractivity contribution in [1.82, 2.24) is 30.5 Å². The van der Waals surface area contributed by atoms with Crippen LogP contribution >= 0.6 is 11.8 Å². The van der Waals surface area contributed by atoms with E-state index < -0.39 is 23.4 Å². The van der Waals surface area contributed by atoms with Crippen molar-refractivity contribution in [3.8, 4) is 28.6 Å². The number of hydrazine groups is 1. The molecule has 2 aliphatic heterocycles. The fourth-order valence-corrected chi connectivity index (χ4v) is 4.45. The predicted molar refractivity (Wildman–Crippen MR) is 126 cm³/mol. The van der Waals surface area contributed by atoms with Gasteiger partial charge >= 0.3 is 6.03 Å². The number of aromatic nitrogens is 3. The Balaban J connectivity index is 1.37. The Labute approximate surface area is 204 Å². The van der Waals surface area contributed by atoms with Crippen molar-refractivity contribution >= 4 is 29.6 Å². The van der Waals surface area contributed by atoms with Crippen molar-refractivity contribution < 1.29 is 23.9 Å². The molecule has 4 amide bonds. The highest BCUT2D eigenvalue weighted by Gasteiger charge is 2.47. The molecule has 2 N–H and O–H groups in total. The quantitative estimate of drug-likeness (QED) is 0.379. The van der Waals surface area contributed by atoms with Crippen LogP contribution < -0.4 is 20.2 Å². The van der Waals surface area contributed by atoms with Gasteiger partial charge in [-0.3, -0.25) is 19.6 Å². The summed E-state index contributed by atoms with van der Waals surface area (Å²) in [5.74, 6) is 0.723. The highest BCUT2D eigenvalue weighted by Crippen LogP contribution is 2.37. The molecule has 1 fully saturated rings. The van der Waals surface area contributed by atoms with Gasteiger partial charge in [-0.2, -0.15) is 5.01 Å². The zero-order chi connectivity index (χ0) is 24.6. The maximum atomic E-state index is 12.6. The lowest BCUT2D eigenvalue weighted by Crippen LogP contribution is -2.49. The van der Waals surface area contributed by atoms with E-state index in [4.69, 9.17) is 9.47 Å². The summed E-state index contributed by atoms with van der Waals surface area (Å²) in [6, 6.07) is 14.3. The molecule has 0 bridgehead atoms. The molecule has 0 spiro atoms. The molecular weight excluding hydrogens is 472 g/mol. The maximum Gasteiger partial charge on any atom is 0.344 e. The molecule has 11 nitrogen and oxygen atoms in total. The van der Waals surface area contributed by atoms with Crippen LogP contribution in [0.5, 0.6) is 11.5 Å². The molecule has 5 rings (SSSR count). The molecule has 1 saturated heterocycles. The smallest absolute Gasteiger partial charge is 0.344 e. The fraction of sp³-hybridized carbons (Fsp3) is 0.261. The van der Waals surface area contributed by atoms with E-state index in [2.05, 4.69) is 20.9 Å². The first-order valence-corrected chi connectivity index (χ1v) is 11.9. The molecule has 0 aliphatic carbocycles. The summed E-state index contributed by atoms with van der Waals surface area (Å²) < 4.78 is 12.7. The number of fused-ring (bicyclic) bond motifs is 1. The Morgan fingerprint density at radius 3 is 2.66 bits per heavy atom. The first-order chi connectivity index (χ1) is 16.9. The van der Waals surface area contributed by atoms with Gasteiger partial charge in [0.05, 0.1) is 5.75 Å². The largest absolute Gasteiger partial charge is 0.454 e. The minimum atomic E-state index is -1.04. The molecule has 0 radical (unpaired) electrons. The monoisotopic (exact) mass is 494 g/mol. The third-order valence-electron chi connectivity index (χ3n) is 5.82. The van der Waals surface area contributed by atoms with Gasteiger partial charge in [-0.15, -0.1) is 10.2 Å². The normalized spacial score (nSPS) is 18.6. The van der Waals surface area contributed by atoms with E-state index in [1.54, 1.807) is 13.8 Å². The molecule has 3 heterocycles. The molecule has 1 aromatic heterocycles. The SMILES string of the molecule is CCC1(C)NC(=O)N(NC(=O)CSc2nnc(-c3ccc4c(c3)OCO4)n2-c2ccccc2)C1=O. The Morgan fingerprint density at radius 2 is 1.91 bits per heavy atom. The van der Waals surface area contributed by atoms with Crippen molar-refractivity contribution in [2.75, 3.05) is 12.5 Å². The molecule has 3 aromatic rings. The molecule has 0 saturated carbocycles. The minimum Gasteiger partial charge on any atom is -0.454 e. The van der Waals surface area contributed by atoms with Crippen LogP contribution in [0.1, 0.15) is 20.3 Å². The highest BCUT2D eigenvalue weighted by atomic mass is 32.2. The number of carbonyl (C=O) groups is 3. The second-order valence-corrected chi connectivity index (χ2v) is 9.07. The molecule has 2 aromatic carbocycles. The lowest BCUT2D eigenvalue weighted by Gasteiger charge is -2.19. The third kappa shape index (κ3) is 4.16. The lowest BCUT2D eigenvalue weighted by molar-refractivity contribution is -0.137. The van der Waals surface area contributed by atoms with Gasteiger partial charge in [0.1, 0.15) is 5.54 Å². The van der Waals surface area contributed by atoms with Crippen LogP contribution in [0.25, 0.3) is 17.1 Å². The summed E-state index contributed by atoms with van der Waals surface area (Å²) in [6.45, 7) is 3.57. The van der Waals surface area contributed by atoms with Crippen molar-refractivity contribution in [2.45, 2.75) is 31.0 Å². The van der Waals surface area contributed by atoms with Crippen molar-refractivity contribution in [3.63, 3.8) is 0 Å². The van der Waals surface area contributed by atoms with E-state index in [9.17, 15) is 14.4 Å². The van der Waals surface area contributed by atoms with E-state index in [-0.39, 0.29) is 12.5 Å². The second kappa shape index (κ2) is 8.95. The molecule has 35 heavy (non-hydrogen) atoms. The van der Waals surface area contributed by atoms with Crippen LogP contribution in [0.2, 0.25) is 0 Å². The number of imide groups is 1. The number of nitrogens with one attached hydrogen (secondary N) is 2. The lowest BCUT2D eigenvalue weighted by atomic mass is 10.00. The van der Waals surface area contributed by atoms with Gasteiger partial charge in [0.25, 0.3) is 5.91 Å². The number of urea groups is 1. The number of nitrogens with zero attached hydrogens (tertiary/aromatic N) is 4. The van der Waals surface area contributed by atoms with Gasteiger partial charge in [0.2, 0.25) is 12.7 Å². The van der Waals surface area contributed by atoms with Crippen LogP contribution in [0, 0.1) is 0 Å². The number of thioether (sulfide) groups is 1. The first kappa shape index (κ1) is 22.7. The summed E-state index contributed by atoms with van der Waals surface area (Å²) >= 11 is 1.13. The van der Waals surface area contributed by atoms with Gasteiger partial charge < -0.3 is 14.8 Å². The second-order valence-electron chi connectivity index (χ2n) is 8.13. The minimum absolute atomic E-state index is 0.0913. The zero-order valence-corrected chi connectivity index (χ0v) is 19.8.